The first-order valence-corrected chi connectivity index (χ1v) is 11.1. The first-order chi connectivity index (χ1) is 16.2. The van der Waals surface area contributed by atoms with E-state index >= 15 is 0 Å². The van der Waals surface area contributed by atoms with Gasteiger partial charge in [0.1, 0.15) is 6.04 Å². The smallest absolute Gasteiger partial charge is 0.258 e. The van der Waals surface area contributed by atoms with Gasteiger partial charge in [-0.3, -0.25) is 4.79 Å². The first-order valence-electron chi connectivity index (χ1n) is 11.1. The lowest BCUT2D eigenvalue weighted by Gasteiger charge is -2.33. The van der Waals surface area contributed by atoms with Crippen LogP contribution in [0.3, 0.4) is 0 Å². The van der Waals surface area contributed by atoms with Gasteiger partial charge in [-0.1, -0.05) is 12.1 Å². The molecule has 0 spiro atoms. The van der Waals surface area contributed by atoms with Crippen molar-refractivity contribution >= 4 is 16.9 Å². The van der Waals surface area contributed by atoms with Crippen molar-refractivity contribution in [3.05, 3.63) is 89.3 Å². The Morgan fingerprint density at radius 2 is 2.09 bits per heavy atom. The van der Waals surface area contributed by atoms with Gasteiger partial charge in [-0.15, -0.1) is 0 Å². The number of aromatic nitrogens is 6. The fourth-order valence-electron chi connectivity index (χ4n) is 4.91. The van der Waals surface area contributed by atoms with Crippen LogP contribution in [0, 0.1) is 5.95 Å². The van der Waals surface area contributed by atoms with Crippen molar-refractivity contribution in [1.82, 2.24) is 34.1 Å². The lowest BCUT2D eigenvalue weighted by atomic mass is 9.98. The number of nitrogens with zero attached hydrogens (tertiary/aromatic N) is 6. The SMILES string of the molecule is O=C(c1cnn2cc(C3CC3)ccc12)N1CCc2[nH]cnc2[C@H]1c1cc2cccc(F)n2n1. The number of hydrogen-bond donors (Lipinski definition) is 1. The topological polar surface area (TPSA) is 83.6 Å². The molecule has 1 N–H and O–H groups in total. The second-order valence-corrected chi connectivity index (χ2v) is 8.80. The van der Waals surface area contributed by atoms with Crippen molar-refractivity contribution in [3.63, 3.8) is 0 Å². The van der Waals surface area contributed by atoms with Crippen molar-refractivity contribution in [3.8, 4) is 0 Å². The summed E-state index contributed by atoms with van der Waals surface area (Å²) in [7, 11) is 0. The number of fused-ring (bicyclic) bond motifs is 3. The number of carbonyl (C=O) groups excluding carboxylic acids is 1. The molecule has 8 nitrogen and oxygen atoms in total. The molecule has 1 saturated carbocycles. The third-order valence-electron chi connectivity index (χ3n) is 6.74. The summed E-state index contributed by atoms with van der Waals surface area (Å²) < 4.78 is 17.4. The van der Waals surface area contributed by atoms with Gasteiger partial charge in [0.15, 0.2) is 0 Å². The normalized spacial score (nSPS) is 18.2. The zero-order valence-electron chi connectivity index (χ0n) is 17.6. The number of aromatic amines is 1. The van der Waals surface area contributed by atoms with E-state index in [-0.39, 0.29) is 5.91 Å². The second kappa shape index (κ2) is 6.74. The predicted octanol–water partition coefficient (Wildman–Crippen LogP) is 3.51. The first kappa shape index (κ1) is 18.6. The third kappa shape index (κ3) is 2.81. The molecule has 1 fully saturated rings. The largest absolute Gasteiger partial charge is 0.348 e. The summed E-state index contributed by atoms with van der Waals surface area (Å²) in [5.74, 6) is 0.0156. The molecule has 1 atom stereocenters. The van der Waals surface area contributed by atoms with Gasteiger partial charge >= 0.3 is 0 Å². The Balaban J connectivity index is 1.33. The molecule has 0 bridgehead atoms. The Labute approximate surface area is 187 Å². The highest BCUT2D eigenvalue weighted by molar-refractivity contribution is 6.01. The summed E-state index contributed by atoms with van der Waals surface area (Å²) in [6.07, 6.45) is 8.36. The van der Waals surface area contributed by atoms with Crippen LogP contribution in [0.15, 0.2) is 55.1 Å². The van der Waals surface area contributed by atoms with Crippen LogP contribution in [-0.4, -0.2) is 46.5 Å². The van der Waals surface area contributed by atoms with E-state index in [0.717, 1.165) is 16.9 Å². The minimum absolute atomic E-state index is 0.139. The number of amides is 1. The van der Waals surface area contributed by atoms with Gasteiger partial charge < -0.3 is 9.88 Å². The zero-order valence-corrected chi connectivity index (χ0v) is 17.6. The highest BCUT2D eigenvalue weighted by Gasteiger charge is 2.37. The molecule has 7 rings (SSSR count). The fourth-order valence-corrected chi connectivity index (χ4v) is 4.91. The molecule has 9 heteroatoms. The number of carbonyl (C=O) groups is 1. The number of nitrogens with one attached hydrogen (secondary N) is 1. The quantitative estimate of drug-likeness (QED) is 0.435. The van der Waals surface area contributed by atoms with E-state index in [0.29, 0.717) is 35.7 Å². The number of halogens is 1. The summed E-state index contributed by atoms with van der Waals surface area (Å²) in [6.45, 7) is 0.493. The molecule has 164 valence electrons. The lowest BCUT2D eigenvalue weighted by molar-refractivity contribution is 0.0689. The average molecular weight is 441 g/mol. The van der Waals surface area contributed by atoms with Gasteiger partial charge in [0.05, 0.1) is 40.5 Å². The summed E-state index contributed by atoms with van der Waals surface area (Å²) in [5, 5.41) is 8.96. The molecule has 0 aromatic carbocycles. The number of hydrogen-bond acceptors (Lipinski definition) is 4. The number of imidazole rings is 1. The summed E-state index contributed by atoms with van der Waals surface area (Å²) in [4.78, 5) is 23.3. The highest BCUT2D eigenvalue weighted by atomic mass is 19.1. The van der Waals surface area contributed by atoms with Crippen molar-refractivity contribution in [2.45, 2.75) is 31.2 Å². The molecule has 1 aliphatic heterocycles. The minimum atomic E-state index is -0.521. The van der Waals surface area contributed by atoms with Crippen molar-refractivity contribution in [2.24, 2.45) is 0 Å². The Morgan fingerprint density at radius 3 is 2.94 bits per heavy atom. The van der Waals surface area contributed by atoms with Gasteiger partial charge in [-0.2, -0.15) is 14.6 Å². The van der Waals surface area contributed by atoms with Crippen LogP contribution in [0.25, 0.3) is 11.0 Å². The maximum Gasteiger partial charge on any atom is 0.258 e. The molecular weight excluding hydrogens is 421 g/mol. The van der Waals surface area contributed by atoms with Crippen molar-refractivity contribution < 1.29 is 9.18 Å². The zero-order chi connectivity index (χ0) is 22.1. The summed E-state index contributed by atoms with van der Waals surface area (Å²) in [6, 6.07) is 10.2. The molecule has 0 saturated heterocycles. The highest BCUT2D eigenvalue weighted by Crippen LogP contribution is 2.40. The fraction of sp³-hybridized carbons (Fsp3) is 0.250. The van der Waals surface area contributed by atoms with E-state index in [2.05, 4.69) is 26.2 Å². The Bertz CT molecular complexity index is 1540. The van der Waals surface area contributed by atoms with E-state index in [1.54, 1.807) is 34.1 Å². The van der Waals surface area contributed by atoms with Crippen molar-refractivity contribution in [2.75, 3.05) is 6.54 Å². The molecule has 1 aliphatic carbocycles. The van der Waals surface area contributed by atoms with Gasteiger partial charge in [0, 0.05) is 24.9 Å². The number of rotatable bonds is 3. The number of pyridine rings is 2. The van der Waals surface area contributed by atoms with Crippen LogP contribution in [-0.2, 0) is 6.42 Å². The Hall–Kier alpha value is -4.01. The van der Waals surface area contributed by atoms with E-state index in [1.807, 2.05) is 18.3 Å². The Kier molecular flexibility index (Phi) is 3.79. The van der Waals surface area contributed by atoms with Gasteiger partial charge in [0.2, 0.25) is 5.95 Å². The van der Waals surface area contributed by atoms with E-state index < -0.39 is 12.0 Å². The molecule has 2 aliphatic rings. The minimum Gasteiger partial charge on any atom is -0.348 e. The van der Waals surface area contributed by atoms with Crippen LogP contribution < -0.4 is 0 Å². The molecule has 1 amide bonds. The standard InChI is InChI=1S/C24H20FN7O/c25-21-3-1-2-16-10-19(29-32(16)21)23-22-18(26-13-27-22)8-9-30(23)24(33)17-11-28-31-12-15(14-4-5-14)6-7-20(17)31/h1-3,6-7,10-14,23H,4-5,8-9H2,(H,26,27)/t23-/m1/s1. The molecule has 0 radical (unpaired) electrons. The molecule has 0 unspecified atom stereocenters. The lowest BCUT2D eigenvalue weighted by Crippen LogP contribution is -2.41. The van der Waals surface area contributed by atoms with E-state index in [4.69, 9.17) is 0 Å². The van der Waals surface area contributed by atoms with E-state index in [1.165, 1.54) is 29.0 Å². The molecular formula is C24H20FN7O. The number of H-pyrrole nitrogens is 1. The van der Waals surface area contributed by atoms with Crippen LogP contribution in [0.5, 0.6) is 0 Å². The van der Waals surface area contributed by atoms with Gasteiger partial charge in [-0.05, 0) is 48.6 Å². The summed E-state index contributed by atoms with van der Waals surface area (Å²) >= 11 is 0. The molecule has 5 aromatic rings. The summed E-state index contributed by atoms with van der Waals surface area (Å²) in [5.41, 5.74) is 5.49. The maximum absolute atomic E-state index is 14.3. The Morgan fingerprint density at radius 1 is 1.18 bits per heavy atom. The average Bonchev–Trinajstić information content (AvgIpc) is 3.22. The van der Waals surface area contributed by atoms with Crippen LogP contribution >= 0.6 is 0 Å². The van der Waals surface area contributed by atoms with Crippen LogP contribution in [0.4, 0.5) is 4.39 Å². The monoisotopic (exact) mass is 441 g/mol. The van der Waals surface area contributed by atoms with Crippen molar-refractivity contribution in [1.29, 1.82) is 0 Å². The van der Waals surface area contributed by atoms with Gasteiger partial charge in [0.25, 0.3) is 5.91 Å². The molecule has 33 heavy (non-hydrogen) atoms. The van der Waals surface area contributed by atoms with Gasteiger partial charge in [-0.25, -0.2) is 14.0 Å². The van der Waals surface area contributed by atoms with E-state index in [9.17, 15) is 9.18 Å². The third-order valence-corrected chi connectivity index (χ3v) is 6.74. The van der Waals surface area contributed by atoms with Crippen LogP contribution in [0.1, 0.15) is 57.8 Å². The maximum atomic E-state index is 14.3. The second-order valence-electron chi connectivity index (χ2n) is 8.80. The predicted molar refractivity (Wildman–Crippen MR) is 117 cm³/mol. The molecule has 6 heterocycles. The molecule has 5 aromatic heterocycles. The van der Waals surface area contributed by atoms with Crippen LogP contribution in [0.2, 0.25) is 0 Å².